The van der Waals surface area contributed by atoms with Crippen LogP contribution in [0.5, 0.6) is 5.75 Å². The van der Waals surface area contributed by atoms with E-state index in [1.165, 1.54) is 6.20 Å². The number of nitrogens with zero attached hydrogens (tertiary/aromatic N) is 3. The number of methoxy groups -OCH3 is 1. The summed E-state index contributed by atoms with van der Waals surface area (Å²) in [4.78, 5) is 8.19. The lowest BCUT2D eigenvalue weighted by Crippen LogP contribution is -2.37. The van der Waals surface area contributed by atoms with Crippen LogP contribution in [0.15, 0.2) is 41.7 Å². The molecule has 0 aliphatic heterocycles. The third-order valence-corrected chi connectivity index (χ3v) is 5.51. The molecule has 0 saturated heterocycles. The van der Waals surface area contributed by atoms with Crippen molar-refractivity contribution in [3.05, 3.63) is 47.8 Å². The van der Waals surface area contributed by atoms with Gasteiger partial charge in [0.25, 0.3) is 5.69 Å². The van der Waals surface area contributed by atoms with E-state index in [4.69, 9.17) is 9.47 Å². The molecule has 9 heteroatoms. The predicted molar refractivity (Wildman–Crippen MR) is 96.5 cm³/mol. The number of pyridine rings is 1. The molecule has 0 fully saturated rings. The molecule has 0 amide bonds. The maximum atomic E-state index is 12.8. The summed E-state index contributed by atoms with van der Waals surface area (Å²) in [5, 5.41) is 9.86. The third kappa shape index (κ3) is 4.20. The van der Waals surface area contributed by atoms with Crippen LogP contribution in [0.25, 0.3) is 11.0 Å². The number of ether oxygens (including phenoxy) is 2. The fraction of sp³-hybridized carbons (Fsp3) is 0.333. The van der Waals surface area contributed by atoms with Crippen molar-refractivity contribution in [3.8, 4) is 5.75 Å². The highest BCUT2D eigenvalue weighted by molar-refractivity contribution is 7.90. The van der Waals surface area contributed by atoms with Crippen molar-refractivity contribution in [2.24, 2.45) is 0 Å². The Balaban J connectivity index is 1.87. The average Bonchev–Trinajstić information content (AvgIpc) is 3.09. The van der Waals surface area contributed by atoms with Crippen molar-refractivity contribution in [1.82, 2.24) is 9.97 Å². The summed E-state index contributed by atoms with van der Waals surface area (Å²) < 4.78 is 37.0. The van der Waals surface area contributed by atoms with E-state index in [-0.39, 0.29) is 10.9 Å². The average molecular weight is 391 g/mol. The van der Waals surface area contributed by atoms with Crippen LogP contribution in [-0.2, 0) is 20.3 Å². The third-order valence-electron chi connectivity index (χ3n) is 4.12. The van der Waals surface area contributed by atoms with Gasteiger partial charge in [0, 0.05) is 36.1 Å². The van der Waals surface area contributed by atoms with Gasteiger partial charge in [-0.1, -0.05) is 24.3 Å². The minimum atomic E-state index is -3.84. The highest BCUT2D eigenvalue weighted by atomic mass is 32.2. The van der Waals surface area contributed by atoms with E-state index in [1.54, 1.807) is 44.4 Å². The second-order valence-electron chi connectivity index (χ2n) is 6.05. The van der Waals surface area contributed by atoms with E-state index in [2.05, 4.69) is 9.97 Å². The first kappa shape index (κ1) is 19.1. The molecule has 27 heavy (non-hydrogen) atoms. The smallest absolute Gasteiger partial charge is 0.256 e. The normalized spacial score (nSPS) is 11.8. The molecule has 1 aromatic carbocycles. The molecule has 144 valence electrons. The lowest BCUT2D eigenvalue weighted by atomic mass is 10.2. The topological polar surface area (TPSA) is 104 Å². The van der Waals surface area contributed by atoms with Crippen molar-refractivity contribution in [2.45, 2.75) is 24.3 Å². The number of benzene rings is 1. The molecular formula is C18H21N3O5S. The van der Waals surface area contributed by atoms with Crippen molar-refractivity contribution >= 4 is 20.9 Å². The van der Waals surface area contributed by atoms with Gasteiger partial charge < -0.3 is 19.4 Å². The number of fused-ring (bicyclic) bond motifs is 1. The lowest BCUT2D eigenvalue weighted by molar-refractivity contribution is -0.909. The minimum Gasteiger partial charge on any atom is -0.493 e. The maximum absolute atomic E-state index is 12.8. The van der Waals surface area contributed by atoms with Crippen LogP contribution >= 0.6 is 0 Å². The molecule has 8 nitrogen and oxygen atoms in total. The standard InChI is InChI=1S/C18H21N3O5S/c1-13-16(21(22)9-8-17(13)26-11-5-10-25-2)12-27(23,24)18-19-14-6-3-4-7-15(14)20-18/h3-4,6-9H,5,10-12H2,1-2H3,(H-,19,20,22). The summed E-state index contributed by atoms with van der Waals surface area (Å²) in [6, 6.07) is 8.53. The molecule has 2 aromatic heterocycles. The van der Waals surface area contributed by atoms with Gasteiger partial charge in [0.1, 0.15) is 11.5 Å². The molecule has 2 heterocycles. The van der Waals surface area contributed by atoms with Crippen molar-refractivity contribution in [3.63, 3.8) is 0 Å². The van der Waals surface area contributed by atoms with Crippen molar-refractivity contribution < 1.29 is 27.8 Å². The molecule has 0 unspecified atom stereocenters. The monoisotopic (exact) mass is 391 g/mol. The number of hydrogen-bond donors (Lipinski definition) is 1. The van der Waals surface area contributed by atoms with E-state index in [1.807, 2.05) is 0 Å². The van der Waals surface area contributed by atoms with Gasteiger partial charge in [0.2, 0.25) is 6.20 Å². The molecule has 0 aliphatic rings. The number of para-hydroxylation sites is 2. The van der Waals surface area contributed by atoms with Gasteiger partial charge in [-0.05, 0) is 18.0 Å². The van der Waals surface area contributed by atoms with Gasteiger partial charge in [-0.15, -0.1) is 0 Å². The van der Waals surface area contributed by atoms with Crippen LogP contribution in [0.2, 0.25) is 0 Å². The second kappa shape index (κ2) is 7.93. The summed E-state index contributed by atoms with van der Waals surface area (Å²) in [5.41, 5.74) is 1.77. The molecule has 0 aliphatic carbocycles. The second-order valence-corrected chi connectivity index (χ2v) is 7.93. The van der Waals surface area contributed by atoms with E-state index in [0.717, 1.165) is 4.73 Å². The van der Waals surface area contributed by atoms with Crippen molar-refractivity contribution in [1.29, 1.82) is 0 Å². The highest BCUT2D eigenvalue weighted by Crippen LogP contribution is 2.22. The Kier molecular flexibility index (Phi) is 5.62. The van der Waals surface area contributed by atoms with Crippen LogP contribution < -0.4 is 14.5 Å². The number of aromatic nitrogens is 3. The number of hydrogen-bond acceptors (Lipinski definition) is 6. The van der Waals surface area contributed by atoms with Crippen molar-refractivity contribution in [2.75, 3.05) is 20.3 Å². The first-order chi connectivity index (χ1) is 12.9. The van der Waals surface area contributed by atoms with Gasteiger partial charge in [-0.25, -0.2) is 8.42 Å². The zero-order chi connectivity index (χ0) is 19.4. The minimum absolute atomic E-state index is 0.202. The van der Waals surface area contributed by atoms with Crippen LogP contribution in [0.3, 0.4) is 0 Å². The number of rotatable bonds is 8. The number of sulfone groups is 1. The summed E-state index contributed by atoms with van der Waals surface area (Å²) in [6.07, 6.45) is 2.05. The Bertz CT molecular complexity index is 1010. The Morgan fingerprint density at radius 1 is 1.22 bits per heavy atom. The lowest BCUT2D eigenvalue weighted by Gasteiger charge is -2.10. The van der Waals surface area contributed by atoms with E-state index < -0.39 is 15.6 Å². The largest absolute Gasteiger partial charge is 0.493 e. The summed E-state index contributed by atoms with van der Waals surface area (Å²) in [6.45, 7) is 2.69. The molecule has 0 saturated carbocycles. The van der Waals surface area contributed by atoms with E-state index in [9.17, 15) is 13.6 Å². The van der Waals surface area contributed by atoms with Gasteiger partial charge in [-0.3, -0.25) is 5.21 Å². The van der Waals surface area contributed by atoms with Crippen LogP contribution in [0.4, 0.5) is 0 Å². The fourth-order valence-corrected chi connectivity index (χ4v) is 3.96. The van der Waals surface area contributed by atoms with E-state index in [0.29, 0.717) is 42.0 Å². The molecule has 3 aromatic rings. The molecule has 1 N–H and O–H groups in total. The first-order valence-corrected chi connectivity index (χ1v) is 10.0. The predicted octanol–water partition coefficient (Wildman–Crippen LogP) is 1.41. The Hall–Kier alpha value is -2.65. The maximum Gasteiger partial charge on any atom is 0.256 e. The number of imidazole rings is 1. The summed E-state index contributed by atoms with van der Waals surface area (Å²) >= 11 is 0. The SMILES string of the molecule is COCCCOc1cc[n+](O)c(CS(=O)(=O)c2nc3ccccc3[n-]2)c1C. The summed E-state index contributed by atoms with van der Waals surface area (Å²) in [5.74, 6) is 0.0659. The molecule has 0 radical (unpaired) electrons. The van der Waals surface area contributed by atoms with Gasteiger partial charge >= 0.3 is 0 Å². The molecule has 0 bridgehead atoms. The highest BCUT2D eigenvalue weighted by Gasteiger charge is 2.26. The fourth-order valence-electron chi connectivity index (χ4n) is 2.65. The quantitative estimate of drug-likeness (QED) is 0.352. The Labute approximate surface area is 157 Å². The Morgan fingerprint density at radius 2 is 2.00 bits per heavy atom. The van der Waals surface area contributed by atoms with Crippen LogP contribution in [0, 0.1) is 6.92 Å². The molecular weight excluding hydrogens is 370 g/mol. The molecule has 0 atom stereocenters. The zero-order valence-electron chi connectivity index (χ0n) is 15.1. The molecule has 0 spiro atoms. The first-order valence-electron chi connectivity index (χ1n) is 8.40. The summed E-state index contributed by atoms with van der Waals surface area (Å²) in [7, 11) is -2.23. The van der Waals surface area contributed by atoms with Gasteiger partial charge in [0.15, 0.2) is 9.84 Å². The van der Waals surface area contributed by atoms with Crippen LogP contribution in [-0.4, -0.2) is 38.9 Å². The molecule has 3 rings (SSSR count). The zero-order valence-corrected chi connectivity index (χ0v) is 15.9. The Morgan fingerprint density at radius 3 is 2.74 bits per heavy atom. The van der Waals surface area contributed by atoms with Crippen LogP contribution in [0.1, 0.15) is 17.7 Å². The van der Waals surface area contributed by atoms with E-state index >= 15 is 0 Å². The van der Waals surface area contributed by atoms with Gasteiger partial charge in [-0.2, -0.15) is 0 Å². The van der Waals surface area contributed by atoms with Gasteiger partial charge in [0.05, 0.1) is 12.2 Å².